The first kappa shape index (κ1) is 18.0. The summed E-state index contributed by atoms with van der Waals surface area (Å²) in [4.78, 5) is 23.9. The summed E-state index contributed by atoms with van der Waals surface area (Å²) in [6, 6.07) is 13.8. The van der Waals surface area contributed by atoms with E-state index in [-0.39, 0.29) is 31.6 Å². The summed E-state index contributed by atoms with van der Waals surface area (Å²) in [6.45, 7) is -0.220. The summed E-state index contributed by atoms with van der Waals surface area (Å²) in [7, 11) is 0. The number of para-hydroxylation sites is 1. The molecule has 0 unspecified atom stereocenters. The van der Waals surface area contributed by atoms with Crippen molar-refractivity contribution in [2.75, 3.05) is 25.1 Å². The summed E-state index contributed by atoms with van der Waals surface area (Å²) in [5.41, 5.74) is 0.961. The molecule has 3 N–H and O–H groups in total. The lowest BCUT2D eigenvalue weighted by Crippen LogP contribution is -2.27. The molecule has 0 bridgehead atoms. The first-order chi connectivity index (χ1) is 11.6. The Morgan fingerprint density at radius 1 is 1.08 bits per heavy atom. The van der Waals surface area contributed by atoms with Crippen LogP contribution in [0.2, 0.25) is 0 Å². The van der Waals surface area contributed by atoms with Crippen molar-refractivity contribution in [1.29, 1.82) is 0 Å². The third-order valence-electron chi connectivity index (χ3n) is 3.02. The van der Waals surface area contributed by atoms with Crippen LogP contribution in [0.1, 0.15) is 10.4 Å². The lowest BCUT2D eigenvalue weighted by atomic mass is 10.2. The van der Waals surface area contributed by atoms with E-state index in [0.29, 0.717) is 17.0 Å². The van der Waals surface area contributed by atoms with Gasteiger partial charge in [0.2, 0.25) is 0 Å². The van der Waals surface area contributed by atoms with Crippen LogP contribution in [0.5, 0.6) is 5.75 Å². The minimum Gasteiger partial charge on any atom is -0.483 e. The first-order valence-electron chi connectivity index (χ1n) is 7.26. The van der Waals surface area contributed by atoms with Crippen molar-refractivity contribution in [3.8, 4) is 5.75 Å². The third-order valence-corrected chi connectivity index (χ3v) is 3.54. The number of halogens is 1. The average Bonchev–Trinajstić information content (AvgIpc) is 2.60. The molecule has 24 heavy (non-hydrogen) atoms. The van der Waals surface area contributed by atoms with E-state index in [9.17, 15) is 9.59 Å². The molecule has 0 spiro atoms. The van der Waals surface area contributed by atoms with Crippen molar-refractivity contribution in [2.24, 2.45) is 0 Å². The molecular formula is C17H17BrN2O4. The zero-order valence-corrected chi connectivity index (χ0v) is 14.4. The smallest absolute Gasteiger partial charge is 0.262 e. The van der Waals surface area contributed by atoms with E-state index in [1.807, 2.05) is 12.1 Å². The minimum atomic E-state index is -0.368. The molecule has 2 rings (SSSR count). The topological polar surface area (TPSA) is 87.7 Å². The maximum absolute atomic E-state index is 12.0. The fourth-order valence-corrected chi connectivity index (χ4v) is 2.18. The number of carbonyl (C=O) groups excluding carboxylic acids is 2. The monoisotopic (exact) mass is 392 g/mol. The van der Waals surface area contributed by atoms with Gasteiger partial charge >= 0.3 is 0 Å². The Balaban J connectivity index is 1.95. The number of aliphatic hydroxyl groups is 1. The highest BCUT2D eigenvalue weighted by molar-refractivity contribution is 9.10. The van der Waals surface area contributed by atoms with Gasteiger partial charge in [-0.25, -0.2) is 0 Å². The Kier molecular flexibility index (Phi) is 6.77. The van der Waals surface area contributed by atoms with Gasteiger partial charge in [0, 0.05) is 16.7 Å². The molecule has 6 nitrogen and oxygen atoms in total. The van der Waals surface area contributed by atoms with Gasteiger partial charge < -0.3 is 20.5 Å². The number of ether oxygens (including phenoxy) is 1. The van der Waals surface area contributed by atoms with Crippen molar-refractivity contribution in [2.45, 2.75) is 0 Å². The van der Waals surface area contributed by atoms with Crippen molar-refractivity contribution in [3.63, 3.8) is 0 Å². The van der Waals surface area contributed by atoms with E-state index >= 15 is 0 Å². The summed E-state index contributed by atoms with van der Waals surface area (Å²) < 4.78 is 6.37. The number of rotatable bonds is 7. The Hall–Kier alpha value is -2.38. The molecule has 0 fully saturated rings. The van der Waals surface area contributed by atoms with Crippen molar-refractivity contribution in [1.82, 2.24) is 5.32 Å². The van der Waals surface area contributed by atoms with Gasteiger partial charge in [0.1, 0.15) is 5.75 Å². The Morgan fingerprint density at radius 3 is 2.50 bits per heavy atom. The number of aliphatic hydroxyl groups excluding tert-OH is 1. The van der Waals surface area contributed by atoms with Gasteiger partial charge in [0.15, 0.2) is 6.61 Å². The van der Waals surface area contributed by atoms with Gasteiger partial charge in [0.25, 0.3) is 11.8 Å². The highest BCUT2D eigenvalue weighted by atomic mass is 79.9. The van der Waals surface area contributed by atoms with Crippen molar-refractivity contribution < 1.29 is 19.4 Å². The van der Waals surface area contributed by atoms with Crippen LogP contribution >= 0.6 is 15.9 Å². The number of benzene rings is 2. The first-order valence-corrected chi connectivity index (χ1v) is 8.06. The van der Waals surface area contributed by atoms with E-state index in [0.717, 1.165) is 4.47 Å². The van der Waals surface area contributed by atoms with Crippen LogP contribution in [0.15, 0.2) is 53.0 Å². The van der Waals surface area contributed by atoms with E-state index in [1.165, 1.54) is 0 Å². The van der Waals surface area contributed by atoms with Crippen LogP contribution < -0.4 is 15.4 Å². The van der Waals surface area contributed by atoms with Crippen LogP contribution in [0, 0.1) is 0 Å². The van der Waals surface area contributed by atoms with Crippen molar-refractivity contribution in [3.05, 3.63) is 58.6 Å². The number of anilines is 1. The predicted octanol–water partition coefficient (Wildman–Crippen LogP) is 2.19. The Labute approximate surface area is 148 Å². The summed E-state index contributed by atoms with van der Waals surface area (Å²) in [6.07, 6.45) is 0. The molecule has 0 atom stereocenters. The summed E-state index contributed by atoms with van der Waals surface area (Å²) in [5.74, 6) is -0.394. The lowest BCUT2D eigenvalue weighted by molar-refractivity contribution is -0.118. The highest BCUT2D eigenvalue weighted by Crippen LogP contribution is 2.18. The molecule has 2 aromatic rings. The average molecular weight is 393 g/mol. The molecule has 2 amide bonds. The number of hydrogen-bond donors (Lipinski definition) is 3. The SMILES string of the molecule is O=C(COc1ccccc1C(=O)NCCO)Nc1ccc(Br)cc1. The molecule has 0 saturated carbocycles. The highest BCUT2D eigenvalue weighted by Gasteiger charge is 2.12. The van der Waals surface area contributed by atoms with Gasteiger partial charge in [-0.15, -0.1) is 0 Å². The minimum absolute atomic E-state index is 0.148. The Bertz CT molecular complexity index is 704. The number of carbonyl (C=O) groups is 2. The molecule has 0 saturated heterocycles. The molecule has 0 heterocycles. The second-order valence-electron chi connectivity index (χ2n) is 4.82. The van der Waals surface area contributed by atoms with Gasteiger partial charge in [-0.05, 0) is 36.4 Å². The van der Waals surface area contributed by atoms with Crippen LogP contribution in [-0.2, 0) is 4.79 Å². The van der Waals surface area contributed by atoms with E-state index in [2.05, 4.69) is 26.6 Å². The normalized spacial score (nSPS) is 10.1. The van der Waals surface area contributed by atoms with E-state index in [4.69, 9.17) is 9.84 Å². The van der Waals surface area contributed by atoms with Crippen molar-refractivity contribution >= 4 is 33.4 Å². The molecule has 2 aromatic carbocycles. The maximum atomic E-state index is 12.0. The molecule has 0 aliphatic heterocycles. The zero-order valence-electron chi connectivity index (χ0n) is 12.8. The fourth-order valence-electron chi connectivity index (χ4n) is 1.92. The second-order valence-corrected chi connectivity index (χ2v) is 5.74. The standard InChI is InChI=1S/C17H17BrN2O4/c18-12-5-7-13(8-6-12)20-16(22)11-24-15-4-2-1-3-14(15)17(23)19-9-10-21/h1-8,21H,9-11H2,(H,19,23)(H,20,22). The van der Waals surface area contributed by atoms with Crippen LogP contribution in [-0.4, -0.2) is 36.7 Å². The van der Waals surface area contributed by atoms with Crippen LogP contribution in [0.25, 0.3) is 0 Å². The molecular weight excluding hydrogens is 376 g/mol. The maximum Gasteiger partial charge on any atom is 0.262 e. The van der Waals surface area contributed by atoms with Crippen LogP contribution in [0.4, 0.5) is 5.69 Å². The molecule has 0 aliphatic carbocycles. The molecule has 0 radical (unpaired) electrons. The second kappa shape index (κ2) is 9.05. The largest absolute Gasteiger partial charge is 0.483 e. The summed E-state index contributed by atoms with van der Waals surface area (Å²) >= 11 is 3.32. The number of nitrogens with one attached hydrogen (secondary N) is 2. The molecule has 0 aliphatic rings. The molecule has 0 aromatic heterocycles. The molecule has 7 heteroatoms. The Morgan fingerprint density at radius 2 is 1.79 bits per heavy atom. The lowest BCUT2D eigenvalue weighted by Gasteiger charge is -2.11. The summed E-state index contributed by atoms with van der Waals surface area (Å²) in [5, 5.41) is 14.0. The number of hydrogen-bond acceptors (Lipinski definition) is 4. The van der Waals surface area contributed by atoms with Gasteiger partial charge in [-0.1, -0.05) is 28.1 Å². The van der Waals surface area contributed by atoms with Crippen LogP contribution in [0.3, 0.4) is 0 Å². The van der Waals surface area contributed by atoms with Gasteiger partial charge in [-0.3, -0.25) is 9.59 Å². The third kappa shape index (κ3) is 5.36. The molecule has 126 valence electrons. The predicted molar refractivity (Wildman–Crippen MR) is 94.1 cm³/mol. The quantitative estimate of drug-likeness (QED) is 0.673. The zero-order chi connectivity index (χ0) is 17.4. The van der Waals surface area contributed by atoms with E-state index < -0.39 is 0 Å². The van der Waals surface area contributed by atoms with Gasteiger partial charge in [0.05, 0.1) is 12.2 Å². The van der Waals surface area contributed by atoms with Gasteiger partial charge in [-0.2, -0.15) is 0 Å². The number of amides is 2. The van der Waals surface area contributed by atoms with E-state index in [1.54, 1.807) is 36.4 Å². The fraction of sp³-hybridized carbons (Fsp3) is 0.176.